The van der Waals surface area contributed by atoms with Crippen molar-refractivity contribution in [1.29, 1.82) is 0 Å². The second kappa shape index (κ2) is 11.7. The van der Waals surface area contributed by atoms with E-state index in [0.717, 1.165) is 28.3 Å². The van der Waals surface area contributed by atoms with Crippen LogP contribution in [0, 0.1) is 0 Å². The van der Waals surface area contributed by atoms with E-state index in [2.05, 4.69) is 20.7 Å². The number of hydrogen-bond acceptors (Lipinski definition) is 7. The van der Waals surface area contributed by atoms with Gasteiger partial charge in [0.2, 0.25) is 0 Å². The second-order valence-electron chi connectivity index (χ2n) is 7.57. The molecule has 1 N–H and O–H groups in total. The van der Waals surface area contributed by atoms with E-state index in [0.29, 0.717) is 21.7 Å². The lowest BCUT2D eigenvalue weighted by Crippen LogP contribution is -2.21. The first-order valence-corrected chi connectivity index (χ1v) is 12.3. The molecule has 36 heavy (non-hydrogen) atoms. The van der Waals surface area contributed by atoms with Crippen LogP contribution in [-0.4, -0.2) is 46.4 Å². The fraction of sp³-hybridized carbons (Fsp3) is 0.154. The molecule has 1 amide bonds. The Morgan fingerprint density at radius 2 is 1.61 bits per heavy atom. The maximum Gasteiger partial charge on any atom is 0.250 e. The summed E-state index contributed by atoms with van der Waals surface area (Å²) in [5.41, 5.74) is 5.65. The predicted octanol–water partition coefficient (Wildman–Crippen LogP) is 5.24. The van der Waals surface area contributed by atoms with Crippen LogP contribution >= 0.6 is 23.4 Å². The highest BCUT2D eigenvalue weighted by atomic mass is 35.5. The van der Waals surface area contributed by atoms with Crippen molar-refractivity contribution in [1.82, 2.24) is 20.2 Å². The number of thioether (sulfide) groups is 1. The Labute approximate surface area is 218 Å². The molecular formula is C26H24ClN5O3S. The van der Waals surface area contributed by atoms with E-state index in [1.807, 2.05) is 71.3 Å². The molecule has 0 aliphatic rings. The third-order valence-corrected chi connectivity index (χ3v) is 6.52. The van der Waals surface area contributed by atoms with Crippen molar-refractivity contribution < 1.29 is 14.3 Å². The third kappa shape index (κ3) is 5.87. The molecule has 4 aromatic rings. The number of nitrogens with one attached hydrogen (secondary N) is 1. The molecule has 3 aromatic carbocycles. The Morgan fingerprint density at radius 1 is 0.972 bits per heavy atom. The van der Waals surface area contributed by atoms with E-state index in [4.69, 9.17) is 21.1 Å². The molecule has 0 unspecified atom stereocenters. The normalized spacial score (nSPS) is 11.3. The van der Waals surface area contributed by atoms with Crippen molar-refractivity contribution >= 4 is 35.0 Å². The Bertz CT molecular complexity index is 1370. The van der Waals surface area contributed by atoms with Gasteiger partial charge in [0.05, 0.1) is 25.7 Å². The lowest BCUT2D eigenvalue weighted by molar-refractivity contribution is -0.118. The number of methoxy groups -OCH3 is 2. The first-order chi connectivity index (χ1) is 17.5. The number of hydrazone groups is 1. The fourth-order valence-corrected chi connectivity index (χ4v) is 4.39. The summed E-state index contributed by atoms with van der Waals surface area (Å²) in [6.45, 7) is 1.79. The summed E-state index contributed by atoms with van der Waals surface area (Å²) < 4.78 is 12.5. The summed E-state index contributed by atoms with van der Waals surface area (Å²) in [6.07, 6.45) is 0. The van der Waals surface area contributed by atoms with Gasteiger partial charge in [-0.3, -0.25) is 9.36 Å². The summed E-state index contributed by atoms with van der Waals surface area (Å²) in [7, 11) is 3.24. The zero-order valence-corrected chi connectivity index (χ0v) is 21.5. The fourth-order valence-electron chi connectivity index (χ4n) is 3.38. The molecule has 0 saturated carbocycles. The van der Waals surface area contributed by atoms with Crippen LogP contribution in [0.1, 0.15) is 12.5 Å². The lowest BCUT2D eigenvalue weighted by Gasteiger charge is -2.11. The van der Waals surface area contributed by atoms with Gasteiger partial charge in [0.1, 0.15) is 11.5 Å². The van der Waals surface area contributed by atoms with Gasteiger partial charge in [-0.2, -0.15) is 5.10 Å². The van der Waals surface area contributed by atoms with E-state index >= 15 is 0 Å². The molecule has 184 valence electrons. The summed E-state index contributed by atoms with van der Waals surface area (Å²) in [4.78, 5) is 12.6. The molecular weight excluding hydrogens is 498 g/mol. The van der Waals surface area contributed by atoms with Gasteiger partial charge < -0.3 is 9.47 Å². The van der Waals surface area contributed by atoms with Crippen LogP contribution < -0.4 is 14.9 Å². The van der Waals surface area contributed by atoms with Crippen LogP contribution in [0.3, 0.4) is 0 Å². The number of halogens is 1. The number of carbonyl (C=O) groups is 1. The Kier molecular flexibility index (Phi) is 8.24. The van der Waals surface area contributed by atoms with Gasteiger partial charge in [0.15, 0.2) is 11.0 Å². The molecule has 0 spiro atoms. The third-order valence-electron chi connectivity index (χ3n) is 5.26. The topological polar surface area (TPSA) is 90.6 Å². The summed E-state index contributed by atoms with van der Waals surface area (Å²) in [6, 6.07) is 22.4. The van der Waals surface area contributed by atoms with Crippen molar-refractivity contribution in [3.8, 4) is 28.6 Å². The molecule has 8 nitrogen and oxygen atoms in total. The number of aromatic nitrogens is 3. The highest BCUT2D eigenvalue weighted by molar-refractivity contribution is 7.99. The van der Waals surface area contributed by atoms with Crippen LogP contribution in [0.25, 0.3) is 17.1 Å². The molecule has 0 fully saturated rings. The molecule has 0 aliphatic heterocycles. The number of amides is 1. The average molecular weight is 522 g/mol. The van der Waals surface area contributed by atoms with Crippen molar-refractivity contribution in [2.24, 2.45) is 5.10 Å². The van der Waals surface area contributed by atoms with E-state index in [-0.39, 0.29) is 11.7 Å². The van der Waals surface area contributed by atoms with E-state index < -0.39 is 0 Å². The maximum atomic E-state index is 12.6. The highest BCUT2D eigenvalue weighted by Crippen LogP contribution is 2.29. The minimum Gasteiger partial charge on any atom is -0.497 e. The minimum atomic E-state index is -0.276. The Balaban J connectivity index is 1.55. The van der Waals surface area contributed by atoms with Gasteiger partial charge in [-0.1, -0.05) is 41.6 Å². The minimum absolute atomic E-state index is 0.0935. The molecule has 0 atom stereocenters. The van der Waals surface area contributed by atoms with Crippen LogP contribution in [0.15, 0.2) is 83.1 Å². The summed E-state index contributed by atoms with van der Waals surface area (Å²) >= 11 is 7.47. The highest BCUT2D eigenvalue weighted by Gasteiger charge is 2.18. The molecule has 4 rings (SSSR count). The van der Waals surface area contributed by atoms with Crippen molar-refractivity contribution in [3.63, 3.8) is 0 Å². The first-order valence-electron chi connectivity index (χ1n) is 10.9. The first kappa shape index (κ1) is 25.3. The number of nitrogens with zero attached hydrogens (tertiary/aromatic N) is 4. The summed E-state index contributed by atoms with van der Waals surface area (Å²) in [5.74, 6) is 1.93. The zero-order chi connectivity index (χ0) is 25.5. The van der Waals surface area contributed by atoms with Crippen molar-refractivity contribution in [2.45, 2.75) is 12.1 Å². The van der Waals surface area contributed by atoms with Crippen LogP contribution in [0.5, 0.6) is 11.5 Å². The molecule has 1 heterocycles. The average Bonchev–Trinajstić information content (AvgIpc) is 3.34. The number of hydrogen-bond donors (Lipinski definition) is 1. The second-order valence-corrected chi connectivity index (χ2v) is 8.92. The number of ether oxygens (including phenoxy) is 2. The summed E-state index contributed by atoms with van der Waals surface area (Å²) in [5, 5.41) is 14.1. The van der Waals surface area contributed by atoms with E-state index in [9.17, 15) is 4.79 Å². The van der Waals surface area contributed by atoms with Gasteiger partial charge >= 0.3 is 0 Å². The molecule has 10 heteroatoms. The standard InChI is InChI=1S/C26H24ClN5O3S/c1-17(22-6-4-5-7-23(22)27)28-29-24(33)16-36-26-31-30-25(18-8-12-20(34-2)13-9-18)32(26)19-10-14-21(35-3)15-11-19/h4-15H,16H2,1-3H3,(H,29,33). The molecule has 0 bridgehead atoms. The predicted molar refractivity (Wildman–Crippen MR) is 142 cm³/mol. The van der Waals surface area contributed by atoms with E-state index in [1.165, 1.54) is 11.8 Å². The Morgan fingerprint density at radius 3 is 2.25 bits per heavy atom. The Hall–Kier alpha value is -3.82. The zero-order valence-electron chi connectivity index (χ0n) is 19.9. The van der Waals surface area contributed by atoms with E-state index in [1.54, 1.807) is 27.2 Å². The number of benzene rings is 3. The molecule has 1 aromatic heterocycles. The van der Waals surface area contributed by atoms with Gasteiger partial charge in [0, 0.05) is 21.8 Å². The van der Waals surface area contributed by atoms with Crippen LogP contribution in [0.4, 0.5) is 0 Å². The lowest BCUT2D eigenvalue weighted by atomic mass is 10.1. The number of rotatable bonds is 9. The largest absolute Gasteiger partial charge is 0.497 e. The van der Waals surface area contributed by atoms with Crippen LogP contribution in [-0.2, 0) is 4.79 Å². The van der Waals surface area contributed by atoms with Gasteiger partial charge in [0.25, 0.3) is 5.91 Å². The number of carbonyl (C=O) groups excluding carboxylic acids is 1. The quantitative estimate of drug-likeness (QED) is 0.184. The molecule has 0 saturated heterocycles. The van der Waals surface area contributed by atoms with Crippen LogP contribution in [0.2, 0.25) is 5.02 Å². The van der Waals surface area contributed by atoms with Gasteiger partial charge in [-0.25, -0.2) is 5.43 Å². The SMILES string of the molecule is COc1ccc(-c2nnc(SCC(=O)NN=C(C)c3ccccc3Cl)n2-c2ccc(OC)cc2)cc1. The molecule has 0 radical (unpaired) electrons. The van der Waals surface area contributed by atoms with Crippen molar-refractivity contribution in [2.75, 3.05) is 20.0 Å². The smallest absolute Gasteiger partial charge is 0.250 e. The molecule has 0 aliphatic carbocycles. The van der Waals surface area contributed by atoms with Crippen molar-refractivity contribution in [3.05, 3.63) is 83.4 Å². The van der Waals surface area contributed by atoms with Gasteiger partial charge in [-0.05, 0) is 61.5 Å². The maximum absolute atomic E-state index is 12.6. The van der Waals surface area contributed by atoms with Gasteiger partial charge in [-0.15, -0.1) is 10.2 Å². The monoisotopic (exact) mass is 521 g/mol.